The molecule has 1 aliphatic rings. The fourth-order valence-corrected chi connectivity index (χ4v) is 2.42. The number of rotatable bonds is 5. The molecule has 0 fully saturated rings. The van der Waals surface area contributed by atoms with E-state index in [9.17, 15) is 14.4 Å². The fraction of sp³-hybridized carbons (Fsp3) is 0.278. The minimum Gasteiger partial charge on any atom is -0.482 e. The average molecular weight is 314 g/mol. The Morgan fingerprint density at radius 1 is 0.957 bits per heavy atom. The van der Waals surface area contributed by atoms with Gasteiger partial charge in [-0.05, 0) is 38.5 Å². The van der Waals surface area contributed by atoms with Crippen LogP contribution in [0.15, 0.2) is 46.6 Å². The van der Waals surface area contributed by atoms with Crippen molar-refractivity contribution in [2.24, 2.45) is 0 Å². The third kappa shape index (κ3) is 3.56. The normalized spacial score (nSPS) is 15.3. The zero-order valence-corrected chi connectivity index (χ0v) is 13.3. The molecule has 5 nitrogen and oxygen atoms in total. The number of ether oxygens (including phenoxy) is 1. The summed E-state index contributed by atoms with van der Waals surface area (Å²) in [5.74, 6) is -0.775. The Morgan fingerprint density at radius 2 is 1.52 bits per heavy atom. The summed E-state index contributed by atoms with van der Waals surface area (Å²) >= 11 is 0. The first-order valence-corrected chi connectivity index (χ1v) is 7.21. The van der Waals surface area contributed by atoms with Gasteiger partial charge in [-0.3, -0.25) is 9.59 Å². The Kier molecular flexibility index (Phi) is 4.79. The van der Waals surface area contributed by atoms with Gasteiger partial charge in [0.2, 0.25) is 0 Å². The monoisotopic (exact) mass is 314 g/mol. The van der Waals surface area contributed by atoms with Gasteiger partial charge >= 0.3 is 5.97 Å². The molecule has 0 saturated heterocycles. The molecule has 0 spiro atoms. The molecule has 0 bridgehead atoms. The second-order valence-corrected chi connectivity index (χ2v) is 5.51. The molecule has 1 aliphatic carbocycles. The van der Waals surface area contributed by atoms with Gasteiger partial charge in [0.05, 0.1) is 0 Å². The molecule has 0 saturated carbocycles. The lowest BCUT2D eigenvalue weighted by Gasteiger charge is -2.18. The molecule has 23 heavy (non-hydrogen) atoms. The van der Waals surface area contributed by atoms with Crippen molar-refractivity contribution in [2.45, 2.75) is 27.2 Å². The lowest BCUT2D eigenvalue weighted by atomic mass is 9.83. The van der Waals surface area contributed by atoms with E-state index in [-0.39, 0.29) is 11.6 Å². The summed E-state index contributed by atoms with van der Waals surface area (Å²) in [6, 6.07) is 6.82. The second kappa shape index (κ2) is 6.60. The molecule has 0 heterocycles. The average Bonchev–Trinajstić information content (AvgIpc) is 2.54. The van der Waals surface area contributed by atoms with Crippen LogP contribution >= 0.6 is 0 Å². The predicted molar refractivity (Wildman–Crippen MR) is 84.4 cm³/mol. The molecule has 0 atom stereocenters. The van der Waals surface area contributed by atoms with Crippen LogP contribution in [0.5, 0.6) is 5.75 Å². The highest BCUT2D eigenvalue weighted by Crippen LogP contribution is 2.27. The Labute approximate surface area is 134 Å². The Balaban J connectivity index is 2.17. The first-order chi connectivity index (χ1) is 10.8. The molecule has 1 aromatic carbocycles. The molecule has 0 aliphatic heterocycles. The predicted octanol–water partition coefficient (Wildman–Crippen LogP) is 2.50. The van der Waals surface area contributed by atoms with Crippen LogP contribution < -0.4 is 4.74 Å². The topological polar surface area (TPSA) is 80.7 Å². The molecule has 0 amide bonds. The van der Waals surface area contributed by atoms with E-state index in [4.69, 9.17) is 9.84 Å². The van der Waals surface area contributed by atoms with Gasteiger partial charge in [0.1, 0.15) is 5.75 Å². The van der Waals surface area contributed by atoms with E-state index in [0.29, 0.717) is 34.5 Å². The quantitative estimate of drug-likeness (QED) is 0.845. The number of benzene rings is 1. The van der Waals surface area contributed by atoms with E-state index < -0.39 is 12.6 Å². The van der Waals surface area contributed by atoms with E-state index in [1.54, 1.807) is 45.0 Å². The fourth-order valence-electron chi connectivity index (χ4n) is 2.42. The molecule has 2 rings (SSSR count). The lowest BCUT2D eigenvalue weighted by Crippen LogP contribution is -2.21. The van der Waals surface area contributed by atoms with Gasteiger partial charge in [0.15, 0.2) is 18.2 Å². The number of carbonyl (C=O) groups is 3. The summed E-state index contributed by atoms with van der Waals surface area (Å²) in [5, 5.41) is 8.57. The third-order valence-corrected chi connectivity index (χ3v) is 3.98. The first kappa shape index (κ1) is 16.7. The number of allylic oxidation sites excluding steroid dienone is 4. The van der Waals surface area contributed by atoms with Crippen LogP contribution in [0.25, 0.3) is 0 Å². The highest BCUT2D eigenvalue weighted by molar-refractivity contribution is 6.24. The van der Waals surface area contributed by atoms with Crippen LogP contribution in [0, 0.1) is 0 Å². The highest BCUT2D eigenvalue weighted by Gasteiger charge is 2.27. The van der Waals surface area contributed by atoms with Gasteiger partial charge in [0, 0.05) is 28.7 Å². The summed E-state index contributed by atoms with van der Waals surface area (Å²) in [6.07, 6.45) is 0.361. The Morgan fingerprint density at radius 3 is 2.09 bits per heavy atom. The van der Waals surface area contributed by atoms with E-state index in [1.165, 1.54) is 0 Å². The zero-order valence-electron chi connectivity index (χ0n) is 13.3. The summed E-state index contributed by atoms with van der Waals surface area (Å²) in [7, 11) is 0. The van der Waals surface area contributed by atoms with Crippen molar-refractivity contribution in [3.63, 3.8) is 0 Å². The van der Waals surface area contributed by atoms with Crippen molar-refractivity contribution in [1.29, 1.82) is 0 Å². The van der Waals surface area contributed by atoms with E-state index in [2.05, 4.69) is 0 Å². The molecule has 0 radical (unpaired) electrons. The summed E-state index contributed by atoms with van der Waals surface area (Å²) in [6.45, 7) is 4.62. The van der Waals surface area contributed by atoms with E-state index >= 15 is 0 Å². The maximum absolute atomic E-state index is 12.4. The summed E-state index contributed by atoms with van der Waals surface area (Å²) in [4.78, 5) is 35.0. The van der Waals surface area contributed by atoms with Crippen molar-refractivity contribution in [3.8, 4) is 5.75 Å². The molecular weight excluding hydrogens is 296 g/mol. The smallest absolute Gasteiger partial charge is 0.341 e. The summed E-state index contributed by atoms with van der Waals surface area (Å²) in [5.41, 5.74) is 2.86. The van der Waals surface area contributed by atoms with Gasteiger partial charge in [-0.1, -0.05) is 12.1 Å². The molecular formula is C18H18O5. The first-order valence-electron chi connectivity index (χ1n) is 7.21. The molecule has 1 N–H and O–H groups in total. The van der Waals surface area contributed by atoms with Crippen LogP contribution in [-0.2, 0) is 20.8 Å². The number of carboxylic acid groups (broad SMARTS) is 1. The van der Waals surface area contributed by atoms with Crippen molar-refractivity contribution in [1.82, 2.24) is 0 Å². The zero-order chi connectivity index (χ0) is 17.1. The van der Waals surface area contributed by atoms with Gasteiger partial charge in [-0.25, -0.2) is 4.79 Å². The molecule has 0 aromatic heterocycles. The maximum atomic E-state index is 12.4. The minimum absolute atomic E-state index is 0.0847. The number of carbonyl (C=O) groups excluding carboxylic acids is 2. The number of carboxylic acids is 1. The van der Waals surface area contributed by atoms with Crippen LogP contribution in [0.2, 0.25) is 0 Å². The molecule has 120 valence electrons. The van der Waals surface area contributed by atoms with Crippen molar-refractivity contribution in [3.05, 3.63) is 52.1 Å². The van der Waals surface area contributed by atoms with Gasteiger partial charge < -0.3 is 9.84 Å². The second-order valence-electron chi connectivity index (χ2n) is 5.51. The number of aliphatic carboxylic acids is 1. The molecule has 1 aromatic rings. The summed E-state index contributed by atoms with van der Waals surface area (Å²) < 4.78 is 5.06. The van der Waals surface area contributed by atoms with E-state index in [0.717, 1.165) is 5.56 Å². The minimum atomic E-state index is -1.04. The van der Waals surface area contributed by atoms with Gasteiger partial charge in [0.25, 0.3) is 0 Å². The SMILES string of the molecule is CC1=C(C)C(=O)C(Cc2ccc(OCC(=O)O)cc2)=C(C)C1=O. The van der Waals surface area contributed by atoms with Crippen molar-refractivity contribution < 1.29 is 24.2 Å². The third-order valence-electron chi connectivity index (χ3n) is 3.98. The number of Topliss-reactive ketones (excluding diaryl/α,β-unsaturated/α-hetero) is 2. The molecule has 0 unspecified atom stereocenters. The highest BCUT2D eigenvalue weighted by atomic mass is 16.5. The van der Waals surface area contributed by atoms with Crippen molar-refractivity contribution in [2.75, 3.05) is 6.61 Å². The standard InChI is InChI=1S/C18H18O5/c1-10-11(2)18(22)15(12(3)17(10)21)8-13-4-6-14(7-5-13)23-9-16(19)20/h4-7H,8-9H2,1-3H3,(H,19,20). The van der Waals surface area contributed by atoms with Crippen LogP contribution in [-0.4, -0.2) is 29.2 Å². The van der Waals surface area contributed by atoms with Crippen LogP contribution in [0.4, 0.5) is 0 Å². The number of hydrogen-bond donors (Lipinski definition) is 1. The van der Waals surface area contributed by atoms with Crippen LogP contribution in [0.3, 0.4) is 0 Å². The largest absolute Gasteiger partial charge is 0.482 e. The Hall–Kier alpha value is -2.69. The number of hydrogen-bond acceptors (Lipinski definition) is 4. The Bertz CT molecular complexity index is 735. The number of ketones is 2. The molecule has 5 heteroatoms. The van der Waals surface area contributed by atoms with Crippen molar-refractivity contribution >= 4 is 17.5 Å². The van der Waals surface area contributed by atoms with Gasteiger partial charge in [-0.15, -0.1) is 0 Å². The van der Waals surface area contributed by atoms with Gasteiger partial charge in [-0.2, -0.15) is 0 Å². The lowest BCUT2D eigenvalue weighted by molar-refractivity contribution is -0.139. The van der Waals surface area contributed by atoms with E-state index in [1.807, 2.05) is 0 Å². The van der Waals surface area contributed by atoms with Crippen LogP contribution in [0.1, 0.15) is 26.3 Å². The maximum Gasteiger partial charge on any atom is 0.341 e.